The van der Waals surface area contributed by atoms with E-state index in [4.69, 9.17) is 5.73 Å². The second-order valence-corrected chi connectivity index (χ2v) is 7.02. The van der Waals surface area contributed by atoms with Crippen molar-refractivity contribution < 1.29 is 14.4 Å². The summed E-state index contributed by atoms with van der Waals surface area (Å²) in [5.41, 5.74) is 8.54. The van der Waals surface area contributed by atoms with Crippen molar-refractivity contribution in [3.8, 4) is 0 Å². The first kappa shape index (κ1) is 17.6. The van der Waals surface area contributed by atoms with Gasteiger partial charge < -0.3 is 15.5 Å². The fraction of sp³-hybridized carbons (Fsp3) is 0.500. The number of piperidine rings is 1. The molecule has 7 nitrogen and oxygen atoms in total. The van der Waals surface area contributed by atoms with Gasteiger partial charge >= 0.3 is 0 Å². The van der Waals surface area contributed by atoms with E-state index < -0.39 is 6.04 Å². The zero-order chi connectivity index (χ0) is 18.1. The molecule has 2 unspecified atom stereocenters. The Labute approximate surface area is 147 Å². The lowest BCUT2D eigenvalue weighted by Gasteiger charge is -2.29. The molecule has 2 aliphatic rings. The van der Waals surface area contributed by atoms with Gasteiger partial charge in [0.25, 0.3) is 5.91 Å². The summed E-state index contributed by atoms with van der Waals surface area (Å²) in [6.45, 7) is 3.82. The van der Waals surface area contributed by atoms with Crippen LogP contribution in [0.1, 0.15) is 41.3 Å². The van der Waals surface area contributed by atoms with E-state index in [0.29, 0.717) is 25.1 Å². The lowest BCUT2D eigenvalue weighted by atomic mass is 10.0. The minimum Gasteiger partial charge on any atom is -0.327 e. The molecule has 3 N–H and O–H groups in total. The topological polar surface area (TPSA) is 95.7 Å². The molecular weight excluding hydrogens is 320 g/mol. The van der Waals surface area contributed by atoms with Gasteiger partial charge in [-0.2, -0.15) is 0 Å². The Hall–Kier alpha value is -2.25. The molecule has 2 aliphatic heterocycles. The highest BCUT2D eigenvalue weighted by Gasteiger charge is 2.39. The molecule has 7 heteroatoms. The van der Waals surface area contributed by atoms with Crippen molar-refractivity contribution in [1.82, 2.24) is 15.1 Å². The maximum atomic E-state index is 12.8. The molecule has 0 radical (unpaired) electrons. The normalized spacial score (nSPS) is 21.5. The minimum atomic E-state index is -0.577. The summed E-state index contributed by atoms with van der Waals surface area (Å²) in [6.07, 6.45) is 0.644. The average Bonchev–Trinajstić information content (AvgIpc) is 2.85. The molecule has 3 rings (SSSR count). The standard InChI is InChI=1S/C18H24N4O3/c1-11(19)8-21(2)9-12-4-3-5-13-14(12)10-22(18(13)25)15-6-7-16(23)20-17(15)24/h3-5,11,15H,6-10,19H2,1-2H3,(H,20,23,24). The minimum absolute atomic E-state index is 0.0726. The van der Waals surface area contributed by atoms with Crippen LogP contribution in [0.5, 0.6) is 0 Å². The zero-order valence-corrected chi connectivity index (χ0v) is 14.6. The first-order valence-electron chi connectivity index (χ1n) is 8.56. The largest absolute Gasteiger partial charge is 0.327 e. The Morgan fingerprint density at radius 3 is 2.80 bits per heavy atom. The Bertz CT molecular complexity index is 716. The molecule has 0 bridgehead atoms. The van der Waals surface area contributed by atoms with Crippen LogP contribution in [0.4, 0.5) is 0 Å². The van der Waals surface area contributed by atoms with Crippen LogP contribution in [0.15, 0.2) is 18.2 Å². The van der Waals surface area contributed by atoms with Gasteiger partial charge in [-0.3, -0.25) is 19.7 Å². The Kier molecular flexibility index (Phi) is 4.87. The van der Waals surface area contributed by atoms with Crippen molar-refractivity contribution in [3.63, 3.8) is 0 Å². The third kappa shape index (κ3) is 3.57. The van der Waals surface area contributed by atoms with Gasteiger partial charge in [0, 0.05) is 37.7 Å². The molecule has 0 aliphatic carbocycles. The smallest absolute Gasteiger partial charge is 0.255 e. The van der Waals surface area contributed by atoms with Gasteiger partial charge in [-0.15, -0.1) is 0 Å². The molecule has 2 atom stereocenters. The molecule has 2 heterocycles. The van der Waals surface area contributed by atoms with Crippen molar-refractivity contribution in [1.29, 1.82) is 0 Å². The van der Waals surface area contributed by atoms with E-state index in [2.05, 4.69) is 10.2 Å². The Morgan fingerprint density at radius 2 is 2.12 bits per heavy atom. The van der Waals surface area contributed by atoms with Crippen LogP contribution in [0.3, 0.4) is 0 Å². The SMILES string of the molecule is CC(N)CN(C)Cc1cccc2c1CN(C1CCC(=O)NC1=O)C2=O. The molecule has 0 aromatic heterocycles. The van der Waals surface area contributed by atoms with Gasteiger partial charge in [-0.25, -0.2) is 0 Å². The fourth-order valence-electron chi connectivity index (χ4n) is 3.64. The maximum Gasteiger partial charge on any atom is 0.255 e. The number of carbonyl (C=O) groups excluding carboxylic acids is 3. The number of hydrogen-bond acceptors (Lipinski definition) is 5. The summed E-state index contributed by atoms with van der Waals surface area (Å²) in [5, 5.41) is 2.33. The summed E-state index contributed by atoms with van der Waals surface area (Å²) < 4.78 is 0. The number of rotatable bonds is 5. The Morgan fingerprint density at radius 1 is 1.36 bits per heavy atom. The third-order valence-electron chi connectivity index (χ3n) is 4.72. The van der Waals surface area contributed by atoms with E-state index in [1.54, 1.807) is 11.0 Å². The molecule has 1 aromatic carbocycles. The predicted octanol–water partition coefficient (Wildman–Crippen LogP) is 0.227. The second-order valence-electron chi connectivity index (χ2n) is 7.02. The van der Waals surface area contributed by atoms with Gasteiger partial charge in [0.2, 0.25) is 11.8 Å². The molecule has 3 amide bonds. The summed E-state index contributed by atoms with van der Waals surface area (Å²) in [5.74, 6) is -0.794. The van der Waals surface area contributed by atoms with Crippen LogP contribution in [-0.2, 0) is 22.7 Å². The molecule has 25 heavy (non-hydrogen) atoms. The highest BCUT2D eigenvalue weighted by molar-refractivity contribution is 6.05. The lowest BCUT2D eigenvalue weighted by molar-refractivity contribution is -0.136. The molecule has 134 valence electrons. The van der Waals surface area contributed by atoms with Gasteiger partial charge in [0.1, 0.15) is 6.04 Å². The third-order valence-corrected chi connectivity index (χ3v) is 4.72. The first-order chi connectivity index (χ1) is 11.9. The van der Waals surface area contributed by atoms with Gasteiger partial charge in [0.05, 0.1) is 0 Å². The van der Waals surface area contributed by atoms with Crippen LogP contribution in [0.2, 0.25) is 0 Å². The summed E-state index contributed by atoms with van der Waals surface area (Å²) in [7, 11) is 2.00. The molecule has 1 saturated heterocycles. The van der Waals surface area contributed by atoms with E-state index >= 15 is 0 Å². The van der Waals surface area contributed by atoms with Gasteiger partial charge in [-0.05, 0) is 37.6 Å². The average molecular weight is 344 g/mol. The zero-order valence-electron chi connectivity index (χ0n) is 14.6. The first-order valence-corrected chi connectivity index (χ1v) is 8.56. The molecule has 0 saturated carbocycles. The highest BCUT2D eigenvalue weighted by Crippen LogP contribution is 2.30. The molecule has 1 fully saturated rings. The number of nitrogens with one attached hydrogen (secondary N) is 1. The summed E-state index contributed by atoms with van der Waals surface area (Å²) in [4.78, 5) is 39.9. The monoisotopic (exact) mass is 344 g/mol. The number of benzene rings is 1. The number of hydrogen-bond donors (Lipinski definition) is 2. The van der Waals surface area contributed by atoms with Gasteiger partial charge in [0.15, 0.2) is 0 Å². The van der Waals surface area contributed by atoms with Crippen LogP contribution in [0, 0.1) is 0 Å². The molecule has 0 spiro atoms. The maximum absolute atomic E-state index is 12.8. The van der Waals surface area contributed by atoms with E-state index in [1.807, 2.05) is 26.1 Å². The molecule has 1 aromatic rings. The number of likely N-dealkylation sites (N-methyl/N-ethyl adjacent to an activating group) is 1. The molecular formula is C18H24N4O3. The van der Waals surface area contributed by atoms with Crippen molar-refractivity contribution in [3.05, 3.63) is 34.9 Å². The van der Waals surface area contributed by atoms with E-state index in [-0.39, 0.29) is 30.2 Å². The number of fused-ring (bicyclic) bond motifs is 1. The second kappa shape index (κ2) is 6.93. The van der Waals surface area contributed by atoms with Gasteiger partial charge in [-0.1, -0.05) is 12.1 Å². The van der Waals surface area contributed by atoms with Crippen molar-refractivity contribution >= 4 is 17.7 Å². The van der Waals surface area contributed by atoms with Crippen molar-refractivity contribution in [2.24, 2.45) is 5.73 Å². The number of amides is 3. The van der Waals surface area contributed by atoms with Crippen LogP contribution < -0.4 is 11.1 Å². The van der Waals surface area contributed by atoms with Crippen molar-refractivity contribution in [2.45, 2.75) is 44.9 Å². The van der Waals surface area contributed by atoms with Crippen LogP contribution in [-0.4, -0.2) is 53.2 Å². The van der Waals surface area contributed by atoms with E-state index in [1.165, 1.54) is 0 Å². The van der Waals surface area contributed by atoms with E-state index in [9.17, 15) is 14.4 Å². The summed E-state index contributed by atoms with van der Waals surface area (Å²) >= 11 is 0. The number of carbonyl (C=O) groups is 3. The number of nitrogens with zero attached hydrogens (tertiary/aromatic N) is 2. The predicted molar refractivity (Wildman–Crippen MR) is 92.5 cm³/mol. The highest BCUT2D eigenvalue weighted by atomic mass is 16.2. The summed E-state index contributed by atoms with van der Waals surface area (Å²) in [6, 6.07) is 5.19. The lowest BCUT2D eigenvalue weighted by Crippen LogP contribution is -2.52. The van der Waals surface area contributed by atoms with Crippen LogP contribution in [0.25, 0.3) is 0 Å². The number of imide groups is 1. The van der Waals surface area contributed by atoms with Crippen molar-refractivity contribution in [2.75, 3.05) is 13.6 Å². The number of nitrogens with two attached hydrogens (primary N) is 1. The van der Waals surface area contributed by atoms with Crippen LogP contribution >= 0.6 is 0 Å². The van der Waals surface area contributed by atoms with E-state index in [0.717, 1.165) is 17.7 Å². The Balaban J connectivity index is 1.80. The fourth-order valence-corrected chi connectivity index (χ4v) is 3.64. The quantitative estimate of drug-likeness (QED) is 0.746.